The predicted octanol–water partition coefficient (Wildman–Crippen LogP) is -0.473. The van der Waals surface area contributed by atoms with Crippen molar-refractivity contribution in [3.8, 4) is 5.75 Å². The maximum Gasteiger partial charge on any atom is 0.244 e. The van der Waals surface area contributed by atoms with Crippen LogP contribution >= 0.6 is 0 Å². The van der Waals surface area contributed by atoms with Crippen molar-refractivity contribution in [2.75, 3.05) is 6.54 Å². The molecule has 4 atom stereocenters. The molecule has 15 heteroatoms. The molecule has 0 radical (unpaired) electrons. The number of aromatic hydroxyl groups is 1. The molecule has 0 saturated carbocycles. The molecule has 1 aromatic heterocycles. The Bertz CT molecular complexity index is 1220. The first kappa shape index (κ1) is 35.7. The van der Waals surface area contributed by atoms with Crippen molar-refractivity contribution in [2.45, 2.75) is 76.9 Å². The number of rotatable bonds is 19. The first-order chi connectivity index (χ1) is 20.9. The number of carbonyl (C=O) groups excluding carboxylic acids is 5. The van der Waals surface area contributed by atoms with Crippen molar-refractivity contribution >= 4 is 29.5 Å². The van der Waals surface area contributed by atoms with E-state index in [-0.39, 0.29) is 37.4 Å². The molecule has 1 heterocycles. The molecular weight excluding hydrogens is 572 g/mol. The predicted molar refractivity (Wildman–Crippen MR) is 159 cm³/mol. The second-order valence-corrected chi connectivity index (χ2v) is 11.1. The minimum absolute atomic E-state index is 0.0104. The molecule has 0 saturated heterocycles. The van der Waals surface area contributed by atoms with Gasteiger partial charge in [-0.1, -0.05) is 26.0 Å². The average Bonchev–Trinajstić information content (AvgIpc) is 3.49. The highest BCUT2D eigenvalue weighted by molar-refractivity contribution is 5.95. The molecule has 0 aliphatic heterocycles. The number of nitrogens with two attached hydrogens (primary N) is 2. The van der Waals surface area contributed by atoms with Gasteiger partial charge in [0.05, 0.1) is 6.33 Å². The average molecular weight is 617 g/mol. The van der Waals surface area contributed by atoms with E-state index in [1.165, 1.54) is 30.1 Å². The Labute approximate surface area is 255 Å². The van der Waals surface area contributed by atoms with Gasteiger partial charge in [0, 0.05) is 37.1 Å². The molecule has 242 valence electrons. The number of carbonyl (C=O) groups is 5. The van der Waals surface area contributed by atoms with Gasteiger partial charge in [-0.25, -0.2) is 10.5 Å². The van der Waals surface area contributed by atoms with E-state index in [1.54, 1.807) is 12.1 Å². The highest BCUT2D eigenvalue weighted by Crippen LogP contribution is 2.17. The highest BCUT2D eigenvalue weighted by atomic mass is 16.5. The quantitative estimate of drug-likeness (QED) is 0.0561. The monoisotopic (exact) mass is 616 g/mol. The van der Waals surface area contributed by atoms with Gasteiger partial charge in [-0.15, -0.1) is 0 Å². The maximum atomic E-state index is 13.7. The number of benzene rings is 1. The number of H-pyrrole nitrogens is 1. The number of hydrogen-bond donors (Lipinski definition) is 9. The fraction of sp³-hybridized carbons (Fsp3) is 0.517. The van der Waals surface area contributed by atoms with Gasteiger partial charge in [0.2, 0.25) is 29.5 Å². The van der Waals surface area contributed by atoms with Gasteiger partial charge in [-0.2, -0.15) is 0 Å². The lowest BCUT2D eigenvalue weighted by molar-refractivity contribution is -0.137. The van der Waals surface area contributed by atoms with E-state index < -0.39 is 53.6 Å². The van der Waals surface area contributed by atoms with Crippen LogP contribution in [-0.2, 0) is 36.8 Å². The van der Waals surface area contributed by atoms with E-state index in [0.717, 1.165) is 0 Å². The van der Waals surface area contributed by atoms with E-state index in [2.05, 4.69) is 25.9 Å². The molecular formula is C29H44N8O7. The summed E-state index contributed by atoms with van der Waals surface area (Å²) in [7, 11) is 0. The Balaban J connectivity index is 2.33. The third-order valence-electron chi connectivity index (χ3n) is 6.91. The molecule has 5 amide bonds. The number of nitrogens with zero attached hydrogens (tertiary/aromatic N) is 1. The molecule has 0 unspecified atom stereocenters. The van der Waals surface area contributed by atoms with E-state index >= 15 is 0 Å². The van der Waals surface area contributed by atoms with Gasteiger partial charge < -0.3 is 37.5 Å². The molecule has 0 aliphatic rings. The van der Waals surface area contributed by atoms with Gasteiger partial charge in [0.15, 0.2) is 0 Å². The highest BCUT2D eigenvalue weighted by Gasteiger charge is 2.32. The summed E-state index contributed by atoms with van der Waals surface area (Å²) in [5.74, 6) is -4.26. The van der Waals surface area contributed by atoms with Crippen molar-refractivity contribution in [1.29, 1.82) is 0 Å². The van der Waals surface area contributed by atoms with Crippen LogP contribution in [0.15, 0.2) is 36.8 Å². The van der Waals surface area contributed by atoms with Crippen molar-refractivity contribution in [3.63, 3.8) is 0 Å². The summed E-state index contributed by atoms with van der Waals surface area (Å²) in [4.78, 5) is 71.3. The molecule has 1 aromatic carbocycles. The number of nitrogens with one attached hydrogen (secondary N) is 5. The number of unbranched alkanes of at least 4 members (excludes halogenated alkanes) is 1. The number of phenols is 1. The molecule has 2 aromatic rings. The Morgan fingerprint density at radius 1 is 0.909 bits per heavy atom. The van der Waals surface area contributed by atoms with Gasteiger partial charge in [0.25, 0.3) is 0 Å². The van der Waals surface area contributed by atoms with Gasteiger partial charge in [-0.05, 0) is 55.8 Å². The number of amides is 5. The summed E-state index contributed by atoms with van der Waals surface area (Å²) in [6.07, 6.45) is 4.30. The first-order valence-corrected chi connectivity index (χ1v) is 14.5. The lowest BCUT2D eigenvalue weighted by Crippen LogP contribution is -2.58. The van der Waals surface area contributed by atoms with Crippen molar-refractivity contribution in [3.05, 3.63) is 48.0 Å². The lowest BCUT2D eigenvalue weighted by atomic mass is 9.92. The Hall–Kier alpha value is -4.50. The molecule has 0 bridgehead atoms. The number of primary amides is 1. The molecule has 0 fully saturated rings. The topological polar surface area (TPSA) is 255 Å². The number of aromatic amines is 1. The minimum atomic E-state index is -1.20. The van der Waals surface area contributed by atoms with E-state index in [1.807, 2.05) is 13.8 Å². The van der Waals surface area contributed by atoms with Crippen LogP contribution in [0.2, 0.25) is 0 Å². The van der Waals surface area contributed by atoms with E-state index in [9.17, 15) is 29.1 Å². The second kappa shape index (κ2) is 18.2. The molecule has 15 nitrogen and oxygen atoms in total. The number of hydrogen-bond acceptors (Lipinski definition) is 9. The summed E-state index contributed by atoms with van der Waals surface area (Å²) in [6.45, 7) is 4.15. The standard InChI is InChI=1S/C29H44N8O7/c1-17(2)11-19(13-25(39)37-44)27(41)35-24(14-20-15-32-16-33-20)29(43)36-23(12-18-6-8-21(38)9-7-18)28(42)34-22(26(31)40)5-3-4-10-30/h6-9,15-17,19,22-24,38,44H,3-5,10-14,30H2,1-2H3,(H2,31,40)(H,32,33)(H,34,42)(H,35,41)(H,36,43)(H,37,39)/t19-,22+,23+,24+/m1/s1. The first-order valence-electron chi connectivity index (χ1n) is 14.5. The summed E-state index contributed by atoms with van der Waals surface area (Å²) >= 11 is 0. The van der Waals surface area contributed by atoms with E-state index in [0.29, 0.717) is 37.1 Å². The Morgan fingerprint density at radius 3 is 2.07 bits per heavy atom. The normalized spacial score (nSPS) is 13.8. The van der Waals surface area contributed by atoms with Crippen LogP contribution in [0.5, 0.6) is 5.75 Å². The SMILES string of the molecule is CC(C)C[C@H](CC(=O)NO)C(=O)N[C@@H](Cc1cnc[nH]1)C(=O)N[C@@H](Cc1ccc(O)cc1)C(=O)N[C@@H](CCCCN)C(N)=O. The number of phenolic OH excluding ortho intramolecular Hbond substituents is 1. The third-order valence-corrected chi connectivity index (χ3v) is 6.91. The molecule has 0 spiro atoms. The fourth-order valence-electron chi connectivity index (χ4n) is 4.64. The second-order valence-electron chi connectivity index (χ2n) is 11.1. The Kier molecular flexibility index (Phi) is 14.8. The van der Waals surface area contributed by atoms with E-state index in [4.69, 9.17) is 16.7 Å². The zero-order chi connectivity index (χ0) is 32.6. The van der Waals surface area contributed by atoms with Crippen LogP contribution < -0.4 is 32.9 Å². The van der Waals surface area contributed by atoms with Crippen molar-refractivity contribution < 1.29 is 34.3 Å². The Morgan fingerprint density at radius 2 is 1.52 bits per heavy atom. The summed E-state index contributed by atoms with van der Waals surface area (Å²) in [6, 6.07) is 2.65. The minimum Gasteiger partial charge on any atom is -0.508 e. The van der Waals surface area contributed by atoms with Gasteiger partial charge >= 0.3 is 0 Å². The van der Waals surface area contributed by atoms with Crippen molar-refractivity contribution in [2.24, 2.45) is 23.3 Å². The van der Waals surface area contributed by atoms with Crippen LogP contribution in [0.25, 0.3) is 0 Å². The molecule has 44 heavy (non-hydrogen) atoms. The number of aromatic nitrogens is 2. The third kappa shape index (κ3) is 12.4. The van der Waals surface area contributed by atoms with Gasteiger partial charge in [-0.3, -0.25) is 29.2 Å². The van der Waals surface area contributed by atoms with Crippen LogP contribution in [0, 0.1) is 11.8 Å². The number of hydroxylamine groups is 1. The summed E-state index contributed by atoms with van der Waals surface area (Å²) in [5, 5.41) is 26.7. The van der Waals surface area contributed by atoms with Gasteiger partial charge in [0.1, 0.15) is 23.9 Å². The largest absolute Gasteiger partial charge is 0.508 e. The fourth-order valence-corrected chi connectivity index (χ4v) is 4.64. The van der Waals surface area contributed by atoms with Crippen molar-refractivity contribution in [1.82, 2.24) is 31.4 Å². The van der Waals surface area contributed by atoms with Crippen LogP contribution in [0.4, 0.5) is 0 Å². The van der Waals surface area contributed by atoms with Crippen LogP contribution in [0.3, 0.4) is 0 Å². The number of imidazole rings is 1. The van der Waals surface area contributed by atoms with Crippen LogP contribution in [0.1, 0.15) is 57.2 Å². The summed E-state index contributed by atoms with van der Waals surface area (Å²) < 4.78 is 0. The lowest BCUT2D eigenvalue weighted by Gasteiger charge is -2.26. The molecule has 2 rings (SSSR count). The molecule has 0 aliphatic carbocycles. The zero-order valence-corrected chi connectivity index (χ0v) is 25.0. The van der Waals surface area contributed by atoms with Crippen LogP contribution in [-0.4, -0.2) is 74.5 Å². The maximum absolute atomic E-state index is 13.7. The summed E-state index contributed by atoms with van der Waals surface area (Å²) in [5.41, 5.74) is 13.7. The smallest absolute Gasteiger partial charge is 0.244 e. The zero-order valence-electron chi connectivity index (χ0n) is 25.0. The molecule has 11 N–H and O–H groups in total.